The van der Waals surface area contributed by atoms with Crippen molar-refractivity contribution in [3.8, 4) is 0 Å². The van der Waals surface area contributed by atoms with Gasteiger partial charge in [0.2, 0.25) is 0 Å². The first-order valence-corrected chi connectivity index (χ1v) is 5.63. The second-order valence-corrected chi connectivity index (χ2v) is 4.78. The minimum Gasteiger partial charge on any atom is -0.328 e. The van der Waals surface area contributed by atoms with Crippen molar-refractivity contribution in [1.29, 1.82) is 0 Å². The van der Waals surface area contributed by atoms with Gasteiger partial charge in [0, 0.05) is 16.1 Å². The van der Waals surface area contributed by atoms with Gasteiger partial charge in [0.05, 0.1) is 0 Å². The summed E-state index contributed by atoms with van der Waals surface area (Å²) < 4.78 is 0. The molecule has 1 aromatic rings. The fourth-order valence-electron chi connectivity index (χ4n) is 2.13. The largest absolute Gasteiger partial charge is 0.328 e. The Morgan fingerprint density at radius 3 is 2.57 bits per heavy atom. The lowest BCUT2D eigenvalue weighted by molar-refractivity contribution is 0.675. The number of hydrogen-bond acceptors (Lipinski definition) is 1. The van der Waals surface area contributed by atoms with E-state index in [1.807, 2.05) is 18.2 Å². The summed E-state index contributed by atoms with van der Waals surface area (Å²) in [6.45, 7) is 0. The molecular formula is C11H13Cl2N. The van der Waals surface area contributed by atoms with E-state index in [1.165, 1.54) is 5.56 Å². The summed E-state index contributed by atoms with van der Waals surface area (Å²) in [5.74, 6) is 0.523. The molecule has 1 saturated carbocycles. The molecule has 0 aliphatic heterocycles. The van der Waals surface area contributed by atoms with E-state index in [-0.39, 0.29) is 0 Å². The average molecular weight is 230 g/mol. The van der Waals surface area contributed by atoms with Crippen LogP contribution in [0.15, 0.2) is 18.2 Å². The third-order valence-corrected chi connectivity index (χ3v) is 3.44. The third kappa shape index (κ3) is 2.05. The Morgan fingerprint density at radius 2 is 2.00 bits per heavy atom. The summed E-state index contributed by atoms with van der Waals surface area (Å²) in [6, 6.07) is 6.06. The smallest absolute Gasteiger partial charge is 0.0455 e. The molecule has 0 heterocycles. The van der Waals surface area contributed by atoms with Crippen LogP contribution in [-0.4, -0.2) is 6.04 Å². The van der Waals surface area contributed by atoms with Crippen LogP contribution in [0.5, 0.6) is 0 Å². The van der Waals surface area contributed by atoms with E-state index < -0.39 is 0 Å². The molecule has 0 bridgehead atoms. The summed E-state index contributed by atoms with van der Waals surface area (Å²) in [5, 5.41) is 1.47. The van der Waals surface area contributed by atoms with E-state index in [4.69, 9.17) is 28.9 Å². The number of nitrogens with two attached hydrogens (primary N) is 1. The Hall–Kier alpha value is -0.240. The molecule has 1 aliphatic carbocycles. The molecule has 0 aromatic heterocycles. The molecule has 0 saturated heterocycles. The SMILES string of the molecule is NC1CCC(c2ccc(Cl)cc2Cl)C1. The van der Waals surface area contributed by atoms with Crippen molar-refractivity contribution in [2.75, 3.05) is 0 Å². The first kappa shape index (κ1) is 10.3. The van der Waals surface area contributed by atoms with Gasteiger partial charge in [-0.05, 0) is 42.9 Å². The molecule has 2 rings (SSSR count). The monoisotopic (exact) mass is 229 g/mol. The highest BCUT2D eigenvalue weighted by molar-refractivity contribution is 6.35. The van der Waals surface area contributed by atoms with Gasteiger partial charge in [-0.3, -0.25) is 0 Å². The molecule has 3 heteroatoms. The van der Waals surface area contributed by atoms with Crippen LogP contribution in [0.25, 0.3) is 0 Å². The van der Waals surface area contributed by atoms with Gasteiger partial charge in [0.1, 0.15) is 0 Å². The van der Waals surface area contributed by atoms with Crippen LogP contribution in [0.3, 0.4) is 0 Å². The second kappa shape index (κ2) is 4.09. The van der Waals surface area contributed by atoms with Crippen molar-refractivity contribution in [2.45, 2.75) is 31.2 Å². The van der Waals surface area contributed by atoms with Crippen molar-refractivity contribution in [2.24, 2.45) is 5.73 Å². The van der Waals surface area contributed by atoms with Crippen LogP contribution in [0.2, 0.25) is 10.0 Å². The summed E-state index contributed by atoms with van der Waals surface area (Å²) in [7, 11) is 0. The van der Waals surface area contributed by atoms with Gasteiger partial charge in [-0.15, -0.1) is 0 Å². The minimum atomic E-state index is 0.340. The van der Waals surface area contributed by atoms with Crippen molar-refractivity contribution in [3.05, 3.63) is 33.8 Å². The van der Waals surface area contributed by atoms with Gasteiger partial charge in [-0.1, -0.05) is 29.3 Å². The maximum atomic E-state index is 6.13. The van der Waals surface area contributed by atoms with Gasteiger partial charge in [-0.25, -0.2) is 0 Å². The van der Waals surface area contributed by atoms with Gasteiger partial charge < -0.3 is 5.73 Å². The zero-order chi connectivity index (χ0) is 10.1. The van der Waals surface area contributed by atoms with E-state index in [0.29, 0.717) is 17.0 Å². The zero-order valence-electron chi connectivity index (χ0n) is 7.84. The highest BCUT2D eigenvalue weighted by Gasteiger charge is 2.24. The Labute approximate surface area is 94.2 Å². The summed E-state index contributed by atoms with van der Waals surface area (Å²) in [4.78, 5) is 0. The zero-order valence-corrected chi connectivity index (χ0v) is 9.35. The molecule has 2 atom stereocenters. The average Bonchev–Trinajstić information content (AvgIpc) is 2.51. The Bertz CT molecular complexity index is 338. The molecule has 0 radical (unpaired) electrons. The molecule has 14 heavy (non-hydrogen) atoms. The minimum absolute atomic E-state index is 0.340. The van der Waals surface area contributed by atoms with Gasteiger partial charge >= 0.3 is 0 Å². The predicted octanol–water partition coefficient (Wildman–Crippen LogP) is 3.59. The van der Waals surface area contributed by atoms with Crippen LogP contribution in [-0.2, 0) is 0 Å². The van der Waals surface area contributed by atoms with Crippen molar-refractivity contribution < 1.29 is 0 Å². The van der Waals surface area contributed by atoms with Crippen LogP contribution >= 0.6 is 23.2 Å². The highest BCUT2D eigenvalue weighted by Crippen LogP contribution is 2.37. The van der Waals surface area contributed by atoms with Gasteiger partial charge in [0.25, 0.3) is 0 Å². The van der Waals surface area contributed by atoms with E-state index in [9.17, 15) is 0 Å². The molecular weight excluding hydrogens is 217 g/mol. The van der Waals surface area contributed by atoms with E-state index in [2.05, 4.69) is 0 Å². The van der Waals surface area contributed by atoms with Gasteiger partial charge in [0.15, 0.2) is 0 Å². The standard InChI is InChI=1S/C11H13Cl2N/c12-8-2-4-10(11(13)6-8)7-1-3-9(14)5-7/h2,4,6-7,9H,1,3,5,14H2. The topological polar surface area (TPSA) is 26.0 Å². The number of rotatable bonds is 1. The Kier molecular flexibility index (Phi) is 3.01. The lowest BCUT2D eigenvalue weighted by Gasteiger charge is -2.11. The summed E-state index contributed by atoms with van der Waals surface area (Å²) in [5.41, 5.74) is 7.07. The lowest BCUT2D eigenvalue weighted by Crippen LogP contribution is -2.14. The highest BCUT2D eigenvalue weighted by atomic mass is 35.5. The van der Waals surface area contributed by atoms with Crippen LogP contribution < -0.4 is 5.73 Å². The number of benzene rings is 1. The Morgan fingerprint density at radius 1 is 1.21 bits per heavy atom. The fourth-order valence-corrected chi connectivity index (χ4v) is 2.69. The fraction of sp³-hybridized carbons (Fsp3) is 0.455. The van der Waals surface area contributed by atoms with Crippen LogP contribution in [0, 0.1) is 0 Å². The van der Waals surface area contributed by atoms with Crippen molar-refractivity contribution >= 4 is 23.2 Å². The van der Waals surface area contributed by atoms with Crippen LogP contribution in [0.4, 0.5) is 0 Å². The summed E-state index contributed by atoms with van der Waals surface area (Å²) in [6.07, 6.45) is 3.29. The molecule has 2 unspecified atom stereocenters. The first-order chi connectivity index (χ1) is 6.66. The molecule has 2 N–H and O–H groups in total. The number of halogens is 2. The van der Waals surface area contributed by atoms with Crippen molar-refractivity contribution in [1.82, 2.24) is 0 Å². The molecule has 76 valence electrons. The summed E-state index contributed by atoms with van der Waals surface area (Å²) >= 11 is 12.0. The molecule has 1 fully saturated rings. The normalized spacial score (nSPS) is 26.8. The predicted molar refractivity (Wildman–Crippen MR) is 61.0 cm³/mol. The van der Waals surface area contributed by atoms with E-state index in [0.717, 1.165) is 24.3 Å². The van der Waals surface area contributed by atoms with Crippen LogP contribution in [0.1, 0.15) is 30.7 Å². The quantitative estimate of drug-likeness (QED) is 0.783. The third-order valence-electron chi connectivity index (χ3n) is 2.88. The van der Waals surface area contributed by atoms with E-state index in [1.54, 1.807) is 0 Å². The van der Waals surface area contributed by atoms with Gasteiger partial charge in [-0.2, -0.15) is 0 Å². The Balaban J connectivity index is 2.24. The molecule has 0 spiro atoms. The lowest BCUT2D eigenvalue weighted by atomic mass is 9.97. The molecule has 1 nitrogen and oxygen atoms in total. The molecule has 0 amide bonds. The second-order valence-electron chi connectivity index (χ2n) is 3.94. The molecule has 1 aliphatic rings. The first-order valence-electron chi connectivity index (χ1n) is 4.87. The van der Waals surface area contributed by atoms with E-state index >= 15 is 0 Å². The maximum absolute atomic E-state index is 6.13. The van der Waals surface area contributed by atoms with Crippen molar-refractivity contribution in [3.63, 3.8) is 0 Å². The molecule has 1 aromatic carbocycles. The number of hydrogen-bond donors (Lipinski definition) is 1. The maximum Gasteiger partial charge on any atom is 0.0455 e.